The van der Waals surface area contributed by atoms with Gasteiger partial charge < -0.3 is 14.9 Å². The minimum absolute atomic E-state index is 0.130. The lowest BCUT2D eigenvalue weighted by Crippen LogP contribution is -2.21. The third-order valence-corrected chi connectivity index (χ3v) is 3.37. The van der Waals surface area contributed by atoms with E-state index in [-0.39, 0.29) is 22.3 Å². The summed E-state index contributed by atoms with van der Waals surface area (Å²) < 4.78 is 4.71. The van der Waals surface area contributed by atoms with Crippen LogP contribution in [0.25, 0.3) is 0 Å². The molecule has 0 unspecified atom stereocenters. The number of ketones is 2. The standard InChI is InChI=1S/C16H10O6/c1-7(17)22-16-11(18)6-10-12(15(16)21)14(20)9-5-3-2-4-8(9)13(10)19/h2-6,18,21H,1H3. The molecule has 1 aliphatic carbocycles. The SMILES string of the molecule is CC(=O)Oc1c(O)cc2c(c1O)C(=O)c1ccccc1C2=O. The molecule has 0 saturated carbocycles. The third kappa shape index (κ3) is 1.85. The van der Waals surface area contributed by atoms with Gasteiger partial charge >= 0.3 is 5.97 Å². The summed E-state index contributed by atoms with van der Waals surface area (Å²) in [5.74, 6) is -3.70. The van der Waals surface area contributed by atoms with Gasteiger partial charge in [0.15, 0.2) is 23.1 Å². The molecule has 0 heterocycles. The predicted octanol–water partition coefficient (Wildman–Crippen LogP) is 1.80. The van der Waals surface area contributed by atoms with Gasteiger partial charge in [-0.15, -0.1) is 0 Å². The molecule has 2 aromatic carbocycles. The summed E-state index contributed by atoms with van der Waals surface area (Å²) in [6, 6.07) is 7.19. The summed E-state index contributed by atoms with van der Waals surface area (Å²) in [7, 11) is 0. The number of phenols is 2. The number of rotatable bonds is 1. The van der Waals surface area contributed by atoms with Crippen molar-refractivity contribution < 1.29 is 29.3 Å². The van der Waals surface area contributed by atoms with Crippen LogP contribution in [-0.2, 0) is 4.79 Å². The van der Waals surface area contributed by atoms with E-state index in [0.29, 0.717) is 0 Å². The van der Waals surface area contributed by atoms with Crippen molar-refractivity contribution in [2.75, 3.05) is 0 Å². The number of esters is 1. The first-order chi connectivity index (χ1) is 10.4. The Morgan fingerprint density at radius 2 is 1.59 bits per heavy atom. The number of phenolic OH excluding ortho intramolecular Hbond substituents is 2. The van der Waals surface area contributed by atoms with Crippen LogP contribution in [0.2, 0.25) is 0 Å². The highest BCUT2D eigenvalue weighted by Crippen LogP contribution is 2.44. The fourth-order valence-electron chi connectivity index (χ4n) is 2.45. The maximum Gasteiger partial charge on any atom is 0.308 e. The molecule has 2 N–H and O–H groups in total. The first-order valence-corrected chi connectivity index (χ1v) is 6.37. The van der Waals surface area contributed by atoms with Gasteiger partial charge in [0.25, 0.3) is 0 Å². The van der Waals surface area contributed by atoms with E-state index in [2.05, 4.69) is 0 Å². The van der Waals surface area contributed by atoms with E-state index >= 15 is 0 Å². The van der Waals surface area contributed by atoms with E-state index in [0.717, 1.165) is 13.0 Å². The molecule has 6 heteroatoms. The zero-order chi connectivity index (χ0) is 16.0. The molecule has 0 spiro atoms. The average Bonchev–Trinajstić information content (AvgIpc) is 2.48. The second-order valence-corrected chi connectivity index (χ2v) is 4.79. The lowest BCUT2D eigenvalue weighted by Gasteiger charge is -2.20. The van der Waals surface area contributed by atoms with Crippen LogP contribution < -0.4 is 4.74 Å². The molecule has 6 nitrogen and oxygen atoms in total. The molecule has 0 bridgehead atoms. The van der Waals surface area contributed by atoms with Crippen LogP contribution in [0.5, 0.6) is 17.2 Å². The van der Waals surface area contributed by atoms with Gasteiger partial charge in [0, 0.05) is 23.6 Å². The van der Waals surface area contributed by atoms with Gasteiger partial charge in [-0.1, -0.05) is 24.3 Å². The summed E-state index contributed by atoms with van der Waals surface area (Å²) in [5, 5.41) is 20.0. The molecule has 0 aromatic heterocycles. The molecule has 0 radical (unpaired) electrons. The number of hydrogen-bond acceptors (Lipinski definition) is 6. The summed E-state index contributed by atoms with van der Waals surface area (Å²) >= 11 is 0. The second-order valence-electron chi connectivity index (χ2n) is 4.79. The Kier molecular flexibility index (Phi) is 2.95. The lowest BCUT2D eigenvalue weighted by atomic mass is 9.83. The van der Waals surface area contributed by atoms with Crippen molar-refractivity contribution >= 4 is 17.5 Å². The molecule has 0 fully saturated rings. The van der Waals surface area contributed by atoms with E-state index in [9.17, 15) is 24.6 Å². The zero-order valence-electron chi connectivity index (χ0n) is 11.4. The van der Waals surface area contributed by atoms with Crippen LogP contribution in [-0.4, -0.2) is 27.7 Å². The average molecular weight is 298 g/mol. The van der Waals surface area contributed by atoms with Gasteiger partial charge in [0.05, 0.1) is 5.56 Å². The summed E-state index contributed by atoms with van der Waals surface area (Å²) in [4.78, 5) is 35.9. The molecule has 3 rings (SSSR count). The number of carbonyl (C=O) groups is 3. The molecule has 1 aliphatic rings. The smallest absolute Gasteiger partial charge is 0.308 e. The fraction of sp³-hybridized carbons (Fsp3) is 0.0625. The topological polar surface area (TPSA) is 101 Å². The lowest BCUT2D eigenvalue weighted by molar-refractivity contribution is -0.132. The van der Waals surface area contributed by atoms with Crippen LogP contribution in [0.1, 0.15) is 38.8 Å². The summed E-state index contributed by atoms with van der Waals surface area (Å²) in [5.41, 5.74) is -0.0684. The first kappa shape index (κ1) is 13.8. The van der Waals surface area contributed by atoms with E-state index in [1.54, 1.807) is 12.1 Å². The monoisotopic (exact) mass is 298 g/mol. The van der Waals surface area contributed by atoms with Crippen LogP contribution in [0.3, 0.4) is 0 Å². The number of ether oxygens (including phenoxy) is 1. The third-order valence-electron chi connectivity index (χ3n) is 3.37. The Morgan fingerprint density at radius 3 is 2.18 bits per heavy atom. The van der Waals surface area contributed by atoms with E-state index in [4.69, 9.17) is 4.74 Å². The maximum absolute atomic E-state index is 12.5. The van der Waals surface area contributed by atoms with Crippen molar-refractivity contribution in [3.8, 4) is 17.2 Å². The minimum atomic E-state index is -0.777. The summed E-state index contributed by atoms with van der Waals surface area (Å²) in [6.07, 6.45) is 0. The van der Waals surface area contributed by atoms with Crippen LogP contribution in [0.15, 0.2) is 30.3 Å². The normalized spacial score (nSPS) is 12.6. The van der Waals surface area contributed by atoms with Crippen LogP contribution in [0, 0.1) is 0 Å². The molecule has 110 valence electrons. The van der Waals surface area contributed by atoms with Gasteiger partial charge in [0.2, 0.25) is 5.75 Å². The molecular weight excluding hydrogens is 288 g/mol. The van der Waals surface area contributed by atoms with Crippen molar-refractivity contribution in [1.29, 1.82) is 0 Å². The molecule has 0 saturated heterocycles. The van der Waals surface area contributed by atoms with E-state index < -0.39 is 34.8 Å². The van der Waals surface area contributed by atoms with E-state index in [1.165, 1.54) is 12.1 Å². The number of aromatic hydroxyl groups is 2. The number of carbonyl (C=O) groups excluding carboxylic acids is 3. The van der Waals surface area contributed by atoms with Gasteiger partial charge in [0.1, 0.15) is 0 Å². The minimum Gasteiger partial charge on any atom is -0.504 e. The van der Waals surface area contributed by atoms with Crippen molar-refractivity contribution in [3.63, 3.8) is 0 Å². The molecule has 0 aliphatic heterocycles. The van der Waals surface area contributed by atoms with Crippen molar-refractivity contribution in [2.24, 2.45) is 0 Å². The Balaban J connectivity index is 2.29. The zero-order valence-corrected chi connectivity index (χ0v) is 11.4. The quantitative estimate of drug-likeness (QED) is 0.525. The first-order valence-electron chi connectivity index (χ1n) is 6.37. The van der Waals surface area contributed by atoms with Crippen molar-refractivity contribution in [1.82, 2.24) is 0 Å². The van der Waals surface area contributed by atoms with Gasteiger partial charge in [-0.05, 0) is 6.07 Å². The molecule has 0 atom stereocenters. The molecule has 2 aromatic rings. The Labute approximate surface area is 124 Å². The fourth-order valence-corrected chi connectivity index (χ4v) is 2.45. The van der Waals surface area contributed by atoms with Gasteiger partial charge in [-0.25, -0.2) is 0 Å². The molecular formula is C16H10O6. The number of fused-ring (bicyclic) bond motifs is 2. The molecule has 0 amide bonds. The van der Waals surface area contributed by atoms with E-state index in [1.807, 2.05) is 0 Å². The summed E-state index contributed by atoms with van der Waals surface area (Å²) in [6.45, 7) is 1.08. The predicted molar refractivity (Wildman–Crippen MR) is 74.4 cm³/mol. The van der Waals surface area contributed by atoms with Crippen LogP contribution >= 0.6 is 0 Å². The van der Waals surface area contributed by atoms with Crippen LogP contribution in [0.4, 0.5) is 0 Å². The van der Waals surface area contributed by atoms with Crippen molar-refractivity contribution in [3.05, 3.63) is 52.6 Å². The van der Waals surface area contributed by atoms with Gasteiger partial charge in [-0.3, -0.25) is 14.4 Å². The Hall–Kier alpha value is -3.15. The highest BCUT2D eigenvalue weighted by atomic mass is 16.5. The Morgan fingerprint density at radius 1 is 1.00 bits per heavy atom. The Bertz CT molecular complexity index is 850. The number of hydrogen-bond donors (Lipinski definition) is 2. The van der Waals surface area contributed by atoms with Crippen molar-refractivity contribution in [2.45, 2.75) is 6.92 Å². The number of benzene rings is 2. The largest absolute Gasteiger partial charge is 0.504 e. The maximum atomic E-state index is 12.5. The van der Waals surface area contributed by atoms with Gasteiger partial charge in [-0.2, -0.15) is 0 Å². The second kappa shape index (κ2) is 4.70. The highest BCUT2D eigenvalue weighted by Gasteiger charge is 2.35. The highest BCUT2D eigenvalue weighted by molar-refractivity contribution is 6.29. The molecule has 22 heavy (non-hydrogen) atoms.